The van der Waals surface area contributed by atoms with Gasteiger partial charge in [0.15, 0.2) is 18.4 Å². The normalized spacial score (nSPS) is 23.9. The zero-order chi connectivity index (χ0) is 41.4. The number of nitrogens with two attached hydrogens (primary N) is 1. The van der Waals surface area contributed by atoms with Crippen LogP contribution in [-0.2, 0) is 27.5 Å². The van der Waals surface area contributed by atoms with Gasteiger partial charge in [-0.25, -0.2) is 28.0 Å². The van der Waals surface area contributed by atoms with Gasteiger partial charge < -0.3 is 41.0 Å². The van der Waals surface area contributed by atoms with E-state index < -0.39 is 75.0 Å². The minimum absolute atomic E-state index is 0.000782. The minimum Gasteiger partial charge on any atom is -0.461 e. The molecule has 0 spiro atoms. The van der Waals surface area contributed by atoms with Crippen LogP contribution in [0.15, 0.2) is 82.6 Å². The number of thioether (sulfide) groups is 2. The van der Waals surface area contributed by atoms with Crippen LogP contribution >= 0.6 is 23.5 Å². The van der Waals surface area contributed by atoms with Crippen molar-refractivity contribution in [3.63, 3.8) is 0 Å². The zero-order valence-corrected chi connectivity index (χ0v) is 31.6. The summed E-state index contributed by atoms with van der Waals surface area (Å²) < 4.78 is 42.7. The van der Waals surface area contributed by atoms with Crippen molar-refractivity contribution in [3.05, 3.63) is 116 Å². The molecule has 2 aromatic carbocycles. The first kappa shape index (κ1) is 42.9. The van der Waals surface area contributed by atoms with E-state index in [1.807, 2.05) is 0 Å². The molecule has 0 aliphatic carbocycles. The Morgan fingerprint density at radius 3 is 1.82 bits per heavy atom. The van der Waals surface area contributed by atoms with E-state index in [1.165, 1.54) is 67.8 Å². The molecule has 21 heteroatoms. The van der Waals surface area contributed by atoms with Gasteiger partial charge in [0.1, 0.15) is 35.1 Å². The lowest BCUT2D eigenvalue weighted by molar-refractivity contribution is -0.114. The molecule has 8 atom stereocenters. The Kier molecular flexibility index (Phi) is 14.5. The van der Waals surface area contributed by atoms with E-state index in [4.69, 9.17) is 20.3 Å². The summed E-state index contributed by atoms with van der Waals surface area (Å²) in [5.41, 5.74) is 5.33. The van der Waals surface area contributed by atoms with Crippen LogP contribution in [0.1, 0.15) is 49.5 Å². The van der Waals surface area contributed by atoms with Crippen LogP contribution in [0, 0.1) is 0 Å². The van der Waals surface area contributed by atoms with Crippen LogP contribution in [0.2, 0.25) is 0 Å². The topological polar surface area (TPSA) is 258 Å². The Balaban J connectivity index is 0.000000303. The molecule has 0 radical (unpaired) electrons. The van der Waals surface area contributed by atoms with E-state index in [-0.39, 0.29) is 49.2 Å². The Bertz CT molecular complexity index is 2160. The van der Waals surface area contributed by atoms with Gasteiger partial charge in [0.05, 0.1) is 41.4 Å². The first-order chi connectivity index (χ1) is 27.2. The Hall–Kier alpha value is -5.19. The van der Waals surface area contributed by atoms with Crippen LogP contribution in [0.3, 0.4) is 0 Å². The number of amides is 1. The monoisotopic (exact) mass is 832 g/mol. The fraction of sp³-hybridized carbons (Fsp3) is 0.361. The molecule has 1 amide bonds. The summed E-state index contributed by atoms with van der Waals surface area (Å²) in [6.07, 6.45) is -3.59. The molecule has 2 aromatic heterocycles. The van der Waals surface area contributed by atoms with Gasteiger partial charge in [-0.3, -0.25) is 13.9 Å². The van der Waals surface area contributed by atoms with Crippen molar-refractivity contribution >= 4 is 53.0 Å². The molecule has 17 nitrogen and oxygen atoms in total. The van der Waals surface area contributed by atoms with Gasteiger partial charge in [0.25, 0.3) is 0 Å². The predicted octanol–water partition coefficient (Wildman–Crippen LogP) is 1.35. The highest BCUT2D eigenvalue weighted by molar-refractivity contribution is 8.00. The summed E-state index contributed by atoms with van der Waals surface area (Å²) in [5.74, 6) is -1.91. The summed E-state index contributed by atoms with van der Waals surface area (Å²) >= 11 is 1.95. The lowest BCUT2D eigenvalue weighted by Gasteiger charge is -2.21. The highest BCUT2D eigenvalue weighted by Gasteiger charge is 2.49. The van der Waals surface area contributed by atoms with Crippen molar-refractivity contribution in [1.29, 1.82) is 0 Å². The van der Waals surface area contributed by atoms with E-state index in [0.717, 1.165) is 32.7 Å². The first-order valence-electron chi connectivity index (χ1n) is 17.1. The molecule has 4 aromatic rings. The minimum atomic E-state index is -1.88. The number of carbonyl (C=O) groups is 3. The number of nitrogen functional groups attached to an aromatic ring is 1. The standard InChI is InChI=1S/C27H26FN3O8S.C9H12FN3O3S/c1-15(34)29-21-10-11-31(27(37)30-21)24-22(28)23(39-26(36)19-8-4-17(13-33)5-9-19)20(40-24)14-38-25(35)18-6-2-16(12-32)3-7-18;10-6-7(15)4(3-14)17-8(6)13-2-1-5(11)12-9(13)16/h2-11,20,22-24,32-33H,12-14H2,1H3,(H,29,30,34,37);1-2,4,6-8,14-15H,3H2,(H2,11,12,16)/t20-,22+,23-,24-;4-,6+,7-,8-/m11/s1. The molecule has 2 fully saturated rings. The first-order valence-corrected chi connectivity index (χ1v) is 19.0. The molecule has 4 heterocycles. The third-order valence-corrected chi connectivity index (χ3v) is 11.7. The predicted molar refractivity (Wildman–Crippen MR) is 204 cm³/mol. The van der Waals surface area contributed by atoms with E-state index in [0.29, 0.717) is 11.1 Å². The van der Waals surface area contributed by atoms with Crippen LogP contribution in [-0.4, -0.2) is 106 Å². The quantitative estimate of drug-likeness (QED) is 0.117. The highest BCUT2D eigenvalue weighted by atomic mass is 32.2. The number of carbonyl (C=O) groups excluding carboxylic acids is 3. The van der Waals surface area contributed by atoms with Gasteiger partial charge in [-0.2, -0.15) is 9.97 Å². The molecule has 0 unspecified atom stereocenters. The zero-order valence-electron chi connectivity index (χ0n) is 30.0. The van der Waals surface area contributed by atoms with Gasteiger partial charge in [-0.15, -0.1) is 23.5 Å². The van der Waals surface area contributed by atoms with E-state index in [2.05, 4.69) is 15.3 Å². The summed E-state index contributed by atoms with van der Waals surface area (Å²) in [6.45, 7) is 0.155. The summed E-state index contributed by atoms with van der Waals surface area (Å²) in [4.78, 5) is 68.2. The fourth-order valence-electron chi connectivity index (χ4n) is 5.67. The maximum Gasteiger partial charge on any atom is 0.350 e. The highest BCUT2D eigenvalue weighted by Crippen LogP contribution is 2.45. The van der Waals surface area contributed by atoms with Gasteiger partial charge in [-0.05, 0) is 47.5 Å². The van der Waals surface area contributed by atoms with Gasteiger partial charge in [0, 0.05) is 19.3 Å². The number of ether oxygens (including phenoxy) is 2. The number of nitrogens with zero attached hydrogens (tertiary/aromatic N) is 4. The van der Waals surface area contributed by atoms with Gasteiger partial charge in [0.2, 0.25) is 5.91 Å². The van der Waals surface area contributed by atoms with Crippen molar-refractivity contribution in [1.82, 2.24) is 19.1 Å². The maximum atomic E-state index is 15.9. The van der Waals surface area contributed by atoms with Crippen molar-refractivity contribution in [3.8, 4) is 0 Å². The lowest BCUT2D eigenvalue weighted by atomic mass is 10.1. The second kappa shape index (κ2) is 19.3. The van der Waals surface area contributed by atoms with Crippen molar-refractivity contribution in [2.45, 2.75) is 65.9 Å². The Labute approximate surface area is 330 Å². The lowest BCUT2D eigenvalue weighted by Crippen LogP contribution is -2.37. The molecule has 2 saturated heterocycles. The number of halogens is 2. The van der Waals surface area contributed by atoms with Crippen molar-refractivity contribution in [2.24, 2.45) is 0 Å². The number of aromatic nitrogens is 4. The molecule has 57 heavy (non-hydrogen) atoms. The van der Waals surface area contributed by atoms with Gasteiger partial charge in [-0.1, -0.05) is 24.3 Å². The molecule has 7 N–H and O–H groups in total. The number of hydrogen-bond donors (Lipinski definition) is 6. The fourth-order valence-corrected chi connectivity index (χ4v) is 8.49. The Morgan fingerprint density at radius 2 is 1.32 bits per heavy atom. The second-order valence-electron chi connectivity index (χ2n) is 12.6. The van der Waals surface area contributed by atoms with Gasteiger partial charge >= 0.3 is 23.3 Å². The summed E-state index contributed by atoms with van der Waals surface area (Å²) in [6, 6.07) is 14.7. The van der Waals surface area contributed by atoms with E-state index >= 15 is 4.39 Å². The largest absolute Gasteiger partial charge is 0.461 e. The van der Waals surface area contributed by atoms with Crippen LogP contribution in [0.5, 0.6) is 0 Å². The molecule has 2 aliphatic rings. The number of esters is 2. The van der Waals surface area contributed by atoms with E-state index in [1.54, 1.807) is 12.1 Å². The number of anilines is 2. The molecule has 0 saturated carbocycles. The molecule has 6 rings (SSSR count). The maximum absolute atomic E-state index is 15.9. The van der Waals surface area contributed by atoms with Crippen LogP contribution in [0.25, 0.3) is 0 Å². The molecular weight excluding hydrogens is 795 g/mol. The number of nitrogens with one attached hydrogen (secondary N) is 1. The molecule has 304 valence electrons. The number of rotatable bonds is 11. The number of hydrogen-bond acceptors (Lipinski definition) is 16. The average molecular weight is 833 g/mol. The number of aliphatic hydroxyl groups excluding tert-OH is 4. The number of alkyl halides is 2. The van der Waals surface area contributed by atoms with Crippen LogP contribution in [0.4, 0.5) is 20.4 Å². The smallest absolute Gasteiger partial charge is 0.350 e. The number of benzene rings is 2. The third kappa shape index (κ3) is 10.4. The second-order valence-corrected chi connectivity index (χ2v) is 15.3. The Morgan fingerprint density at radius 1 is 0.789 bits per heavy atom. The van der Waals surface area contributed by atoms with Crippen molar-refractivity contribution in [2.75, 3.05) is 24.3 Å². The molecular formula is C36H38F2N6O11S2. The molecule has 2 aliphatic heterocycles. The van der Waals surface area contributed by atoms with Crippen LogP contribution < -0.4 is 22.4 Å². The van der Waals surface area contributed by atoms with Crippen molar-refractivity contribution < 1.29 is 53.1 Å². The van der Waals surface area contributed by atoms with E-state index in [9.17, 15) is 43.7 Å². The number of aliphatic hydroxyl groups is 4. The third-order valence-electron chi connectivity index (χ3n) is 8.64. The average Bonchev–Trinajstić information content (AvgIpc) is 3.66. The summed E-state index contributed by atoms with van der Waals surface area (Å²) in [7, 11) is 0. The summed E-state index contributed by atoms with van der Waals surface area (Å²) in [5, 5.41) is 35.7. The molecule has 0 bridgehead atoms. The SMILES string of the molecule is CC(=O)Nc1ccn([C@@H]2S[C@H](COC(=O)c3ccc(CO)cc3)[C@@H](OC(=O)c3ccc(CO)cc3)[C@@H]2F)c(=O)n1.Nc1ccn([C@@H]2S[C@H](CO)[C@@H](O)[C@@H]2F)c(=O)n1.